The maximum absolute atomic E-state index is 12.1. The summed E-state index contributed by atoms with van der Waals surface area (Å²) in [5.41, 5.74) is -0.216. The number of hydrogen-bond acceptors (Lipinski definition) is 3. The van der Waals surface area contributed by atoms with Gasteiger partial charge in [0.1, 0.15) is 0 Å². The predicted molar refractivity (Wildman–Crippen MR) is 57.5 cm³/mol. The van der Waals surface area contributed by atoms with E-state index in [1.54, 1.807) is 0 Å². The van der Waals surface area contributed by atoms with Gasteiger partial charge >= 0.3 is 0 Å². The summed E-state index contributed by atoms with van der Waals surface area (Å²) < 4.78 is 0. The molecule has 0 spiro atoms. The quantitative estimate of drug-likeness (QED) is 0.698. The highest BCUT2D eigenvalue weighted by Gasteiger charge is 2.46. The van der Waals surface area contributed by atoms with Gasteiger partial charge in [0.15, 0.2) is 0 Å². The Kier molecular flexibility index (Phi) is 2.98. The monoisotopic (exact) mass is 212 g/mol. The summed E-state index contributed by atoms with van der Waals surface area (Å²) in [6.07, 6.45) is 5.03. The van der Waals surface area contributed by atoms with Crippen LogP contribution in [0.15, 0.2) is 0 Å². The number of aliphatic hydroxyl groups is 1. The molecule has 0 radical (unpaired) electrons. The Morgan fingerprint density at radius 3 is 2.73 bits per heavy atom. The lowest BCUT2D eigenvalue weighted by Crippen LogP contribution is -2.64. The van der Waals surface area contributed by atoms with Crippen LogP contribution in [0, 0.1) is 0 Å². The molecule has 1 amide bonds. The molecule has 1 saturated heterocycles. The van der Waals surface area contributed by atoms with Crippen molar-refractivity contribution in [3.05, 3.63) is 0 Å². The molecular formula is C11H20N2O2. The summed E-state index contributed by atoms with van der Waals surface area (Å²) in [5.74, 6) is 0.178. The highest BCUT2D eigenvalue weighted by molar-refractivity contribution is 5.83. The average molecular weight is 212 g/mol. The SMILES string of the molecule is CNC1CCCN(C2(CO)CCC2)C1=O. The lowest BCUT2D eigenvalue weighted by atomic mass is 9.74. The molecule has 1 atom stereocenters. The Bertz CT molecular complexity index is 245. The van der Waals surface area contributed by atoms with E-state index in [1.807, 2.05) is 11.9 Å². The van der Waals surface area contributed by atoms with Crippen LogP contribution in [-0.2, 0) is 4.79 Å². The first-order chi connectivity index (χ1) is 7.23. The van der Waals surface area contributed by atoms with Gasteiger partial charge in [0.05, 0.1) is 18.2 Å². The van der Waals surface area contributed by atoms with Crippen molar-refractivity contribution in [3.8, 4) is 0 Å². The van der Waals surface area contributed by atoms with Crippen molar-refractivity contribution < 1.29 is 9.90 Å². The molecular weight excluding hydrogens is 192 g/mol. The van der Waals surface area contributed by atoms with Gasteiger partial charge in [-0.1, -0.05) is 0 Å². The fourth-order valence-corrected chi connectivity index (χ4v) is 2.71. The molecule has 2 N–H and O–H groups in total. The minimum Gasteiger partial charge on any atom is -0.394 e. The Morgan fingerprint density at radius 2 is 2.27 bits per heavy atom. The first kappa shape index (κ1) is 10.9. The van der Waals surface area contributed by atoms with Crippen molar-refractivity contribution in [3.63, 3.8) is 0 Å². The van der Waals surface area contributed by atoms with E-state index in [-0.39, 0.29) is 24.1 Å². The second-order valence-corrected chi connectivity index (χ2v) is 4.71. The number of amides is 1. The molecule has 1 aliphatic carbocycles. The molecule has 0 aromatic rings. The molecule has 1 aliphatic heterocycles. The van der Waals surface area contributed by atoms with Crippen LogP contribution in [0.5, 0.6) is 0 Å². The number of carbonyl (C=O) groups is 1. The van der Waals surface area contributed by atoms with E-state index < -0.39 is 0 Å². The summed E-state index contributed by atoms with van der Waals surface area (Å²) in [4.78, 5) is 14.0. The van der Waals surface area contributed by atoms with E-state index in [0.29, 0.717) is 0 Å². The summed E-state index contributed by atoms with van der Waals surface area (Å²) in [6.45, 7) is 0.937. The third kappa shape index (κ3) is 1.66. The zero-order chi connectivity index (χ0) is 10.9. The van der Waals surface area contributed by atoms with Crippen LogP contribution < -0.4 is 5.32 Å². The summed E-state index contributed by atoms with van der Waals surface area (Å²) in [7, 11) is 1.83. The van der Waals surface area contributed by atoms with Crippen molar-refractivity contribution >= 4 is 5.91 Å². The van der Waals surface area contributed by atoms with E-state index in [4.69, 9.17) is 0 Å². The number of hydrogen-bond donors (Lipinski definition) is 2. The average Bonchev–Trinajstić information content (AvgIpc) is 2.20. The number of aliphatic hydroxyl groups excluding tert-OH is 1. The first-order valence-electron chi connectivity index (χ1n) is 5.83. The van der Waals surface area contributed by atoms with E-state index in [0.717, 1.165) is 38.6 Å². The molecule has 1 unspecified atom stereocenters. The normalized spacial score (nSPS) is 30.1. The summed E-state index contributed by atoms with van der Waals surface area (Å²) in [6, 6.07) is -0.0391. The maximum Gasteiger partial charge on any atom is 0.240 e. The molecule has 1 heterocycles. The van der Waals surface area contributed by atoms with Crippen LogP contribution >= 0.6 is 0 Å². The minimum absolute atomic E-state index is 0.0391. The van der Waals surface area contributed by atoms with E-state index >= 15 is 0 Å². The van der Waals surface area contributed by atoms with Gasteiger partial charge in [-0.25, -0.2) is 0 Å². The van der Waals surface area contributed by atoms with Crippen LogP contribution in [0.25, 0.3) is 0 Å². The molecule has 2 fully saturated rings. The van der Waals surface area contributed by atoms with Crippen molar-refractivity contribution in [1.29, 1.82) is 0 Å². The number of likely N-dealkylation sites (tertiary alicyclic amines) is 1. The van der Waals surface area contributed by atoms with E-state index in [2.05, 4.69) is 5.32 Å². The second-order valence-electron chi connectivity index (χ2n) is 4.71. The fourth-order valence-electron chi connectivity index (χ4n) is 2.71. The van der Waals surface area contributed by atoms with Gasteiger partial charge in [-0.15, -0.1) is 0 Å². The Balaban J connectivity index is 2.10. The van der Waals surface area contributed by atoms with Gasteiger partial charge in [0.2, 0.25) is 5.91 Å². The molecule has 2 rings (SSSR count). The molecule has 0 bridgehead atoms. The Labute approximate surface area is 90.6 Å². The van der Waals surface area contributed by atoms with Crippen LogP contribution in [0.4, 0.5) is 0 Å². The number of likely N-dealkylation sites (N-methyl/N-ethyl adjacent to an activating group) is 1. The highest BCUT2D eigenvalue weighted by atomic mass is 16.3. The largest absolute Gasteiger partial charge is 0.394 e. The van der Waals surface area contributed by atoms with Crippen LogP contribution in [0.1, 0.15) is 32.1 Å². The van der Waals surface area contributed by atoms with Crippen LogP contribution in [-0.4, -0.2) is 47.7 Å². The van der Waals surface area contributed by atoms with Crippen molar-refractivity contribution in [2.75, 3.05) is 20.2 Å². The number of piperidine rings is 1. The van der Waals surface area contributed by atoms with Crippen molar-refractivity contribution in [2.45, 2.75) is 43.7 Å². The molecule has 1 saturated carbocycles. The Hall–Kier alpha value is -0.610. The standard InChI is InChI=1S/C11H20N2O2/c1-12-9-4-2-7-13(10(9)15)11(8-14)5-3-6-11/h9,12,14H,2-8H2,1H3. The maximum atomic E-state index is 12.1. The molecule has 4 nitrogen and oxygen atoms in total. The number of nitrogens with zero attached hydrogens (tertiary/aromatic N) is 1. The van der Waals surface area contributed by atoms with Crippen LogP contribution in [0.3, 0.4) is 0 Å². The number of nitrogens with one attached hydrogen (secondary N) is 1. The smallest absolute Gasteiger partial charge is 0.240 e. The van der Waals surface area contributed by atoms with Crippen LogP contribution in [0.2, 0.25) is 0 Å². The number of carbonyl (C=O) groups excluding carboxylic acids is 1. The Morgan fingerprint density at radius 1 is 1.53 bits per heavy atom. The van der Waals surface area contributed by atoms with Gasteiger partial charge in [0, 0.05) is 6.54 Å². The van der Waals surface area contributed by atoms with Gasteiger partial charge in [-0.3, -0.25) is 4.79 Å². The highest BCUT2D eigenvalue weighted by Crippen LogP contribution is 2.39. The van der Waals surface area contributed by atoms with E-state index in [1.165, 1.54) is 0 Å². The third-order valence-electron chi connectivity index (χ3n) is 3.94. The fraction of sp³-hybridized carbons (Fsp3) is 0.909. The molecule has 86 valence electrons. The van der Waals surface area contributed by atoms with Crippen molar-refractivity contribution in [2.24, 2.45) is 0 Å². The zero-order valence-corrected chi connectivity index (χ0v) is 9.33. The lowest BCUT2D eigenvalue weighted by Gasteiger charge is -2.51. The van der Waals surface area contributed by atoms with Crippen molar-refractivity contribution in [1.82, 2.24) is 10.2 Å². The first-order valence-corrected chi connectivity index (χ1v) is 5.83. The molecule has 0 aromatic carbocycles. The molecule has 15 heavy (non-hydrogen) atoms. The second kappa shape index (κ2) is 4.10. The molecule has 4 heteroatoms. The lowest BCUT2D eigenvalue weighted by molar-refractivity contribution is -0.150. The zero-order valence-electron chi connectivity index (χ0n) is 9.33. The van der Waals surface area contributed by atoms with Gasteiger partial charge < -0.3 is 15.3 Å². The van der Waals surface area contributed by atoms with Gasteiger partial charge in [-0.2, -0.15) is 0 Å². The van der Waals surface area contributed by atoms with Gasteiger partial charge in [-0.05, 0) is 39.2 Å². The predicted octanol–water partition coefficient (Wildman–Crippen LogP) is 0.112. The van der Waals surface area contributed by atoms with Gasteiger partial charge in [0.25, 0.3) is 0 Å². The summed E-state index contributed by atoms with van der Waals surface area (Å²) in [5, 5.41) is 12.5. The molecule has 0 aromatic heterocycles. The number of rotatable bonds is 3. The minimum atomic E-state index is -0.216. The topological polar surface area (TPSA) is 52.6 Å². The summed E-state index contributed by atoms with van der Waals surface area (Å²) >= 11 is 0. The van der Waals surface area contributed by atoms with E-state index in [9.17, 15) is 9.90 Å². The molecule has 2 aliphatic rings. The third-order valence-corrected chi connectivity index (χ3v) is 3.94.